The van der Waals surface area contributed by atoms with Crippen LogP contribution in [-0.4, -0.2) is 0 Å². The molecule has 0 aliphatic rings. The molecule has 1 aromatic heterocycles. The molecule has 2 heteroatoms. The van der Waals surface area contributed by atoms with Crippen molar-refractivity contribution in [2.75, 3.05) is 4.90 Å². The number of anilines is 3. The predicted octanol–water partition coefficient (Wildman–Crippen LogP) is 14.8. The largest absolute Gasteiger partial charge is 0.310 e. The maximum atomic E-state index is 2.42. The van der Waals surface area contributed by atoms with Crippen LogP contribution in [0.1, 0.15) is 0 Å². The lowest BCUT2D eigenvalue weighted by molar-refractivity contribution is 1.28. The zero-order chi connectivity index (χ0) is 34.4. The average molecular weight is 680 g/mol. The zero-order valence-corrected chi connectivity index (χ0v) is 29.2. The molecule has 1 nitrogen and oxygen atoms in total. The van der Waals surface area contributed by atoms with Gasteiger partial charge in [-0.2, -0.15) is 0 Å². The molecule has 0 atom stereocenters. The molecule has 0 spiro atoms. The fourth-order valence-electron chi connectivity index (χ4n) is 7.85. The highest BCUT2D eigenvalue weighted by atomic mass is 32.1. The summed E-state index contributed by atoms with van der Waals surface area (Å²) in [6.45, 7) is 0. The number of nitrogens with zero attached hydrogens (tertiary/aromatic N) is 1. The third-order valence-electron chi connectivity index (χ3n) is 10.2. The molecular formula is C50H33NS. The monoisotopic (exact) mass is 679 g/mol. The van der Waals surface area contributed by atoms with Crippen molar-refractivity contribution in [1.82, 2.24) is 0 Å². The molecule has 0 bridgehead atoms. The van der Waals surface area contributed by atoms with Crippen molar-refractivity contribution in [2.24, 2.45) is 0 Å². The summed E-state index contributed by atoms with van der Waals surface area (Å²) >= 11 is 1.86. The van der Waals surface area contributed by atoms with Crippen molar-refractivity contribution in [3.63, 3.8) is 0 Å². The SMILES string of the molecule is c1cc(-c2cccc3ccccc23)cc(N(c2cccc(-c3cccc4ccccc34)c2)c2cccc(-c3cccc4sc5ccccc5c34)c2)c1. The summed E-state index contributed by atoms with van der Waals surface area (Å²) in [5.41, 5.74) is 10.6. The summed E-state index contributed by atoms with van der Waals surface area (Å²) in [7, 11) is 0. The van der Waals surface area contributed by atoms with Crippen LogP contribution in [0.4, 0.5) is 17.1 Å². The van der Waals surface area contributed by atoms with Crippen LogP contribution in [0, 0.1) is 0 Å². The van der Waals surface area contributed by atoms with Crippen LogP contribution in [0.5, 0.6) is 0 Å². The first kappa shape index (κ1) is 30.4. The summed E-state index contributed by atoms with van der Waals surface area (Å²) in [5.74, 6) is 0. The highest BCUT2D eigenvalue weighted by Crippen LogP contribution is 2.44. The summed E-state index contributed by atoms with van der Waals surface area (Å²) in [6.07, 6.45) is 0. The molecule has 0 fully saturated rings. The van der Waals surface area contributed by atoms with Crippen molar-refractivity contribution < 1.29 is 0 Å². The van der Waals surface area contributed by atoms with Gasteiger partial charge in [0, 0.05) is 37.2 Å². The lowest BCUT2D eigenvalue weighted by Gasteiger charge is -2.27. The summed E-state index contributed by atoms with van der Waals surface area (Å²) < 4.78 is 2.63. The van der Waals surface area contributed by atoms with E-state index in [1.54, 1.807) is 0 Å². The van der Waals surface area contributed by atoms with Gasteiger partial charge in [-0.05, 0) is 103 Å². The second-order valence-corrected chi connectivity index (χ2v) is 14.4. The van der Waals surface area contributed by atoms with E-state index in [1.165, 1.54) is 75.1 Å². The number of thiophene rings is 1. The third kappa shape index (κ3) is 5.24. The minimum absolute atomic E-state index is 1.11. The molecule has 0 saturated carbocycles. The van der Waals surface area contributed by atoms with Gasteiger partial charge in [-0.15, -0.1) is 11.3 Å². The Morgan fingerprint density at radius 3 is 1.29 bits per heavy atom. The molecule has 0 amide bonds. The highest BCUT2D eigenvalue weighted by molar-refractivity contribution is 7.25. The Balaban J connectivity index is 1.17. The van der Waals surface area contributed by atoms with Crippen molar-refractivity contribution in [3.05, 3.63) is 200 Å². The Labute approximate surface area is 307 Å². The zero-order valence-electron chi connectivity index (χ0n) is 28.4. The van der Waals surface area contributed by atoms with E-state index in [0.29, 0.717) is 0 Å². The second kappa shape index (κ2) is 12.7. The van der Waals surface area contributed by atoms with Crippen molar-refractivity contribution in [1.29, 1.82) is 0 Å². The van der Waals surface area contributed by atoms with Crippen LogP contribution in [0.3, 0.4) is 0 Å². The maximum absolute atomic E-state index is 2.42. The van der Waals surface area contributed by atoms with Crippen LogP contribution >= 0.6 is 11.3 Å². The molecule has 1 heterocycles. The van der Waals surface area contributed by atoms with E-state index >= 15 is 0 Å². The first-order chi connectivity index (χ1) is 25.8. The first-order valence-electron chi connectivity index (χ1n) is 17.8. The Kier molecular flexibility index (Phi) is 7.41. The normalized spacial score (nSPS) is 11.5. The Hall–Kier alpha value is -6.48. The fraction of sp³-hybridized carbons (Fsp3) is 0. The number of hydrogen-bond donors (Lipinski definition) is 0. The summed E-state index contributed by atoms with van der Waals surface area (Å²) in [4.78, 5) is 2.42. The molecule has 244 valence electrons. The van der Waals surface area contributed by atoms with Gasteiger partial charge in [0.25, 0.3) is 0 Å². The topological polar surface area (TPSA) is 3.24 Å². The van der Waals surface area contributed by atoms with E-state index < -0.39 is 0 Å². The van der Waals surface area contributed by atoms with E-state index in [9.17, 15) is 0 Å². The first-order valence-corrected chi connectivity index (χ1v) is 18.6. The van der Waals surface area contributed by atoms with Crippen LogP contribution in [0.25, 0.3) is 75.1 Å². The van der Waals surface area contributed by atoms with Gasteiger partial charge in [0.15, 0.2) is 0 Å². The molecule has 9 aromatic carbocycles. The van der Waals surface area contributed by atoms with Gasteiger partial charge >= 0.3 is 0 Å². The summed E-state index contributed by atoms with van der Waals surface area (Å²) in [5, 5.41) is 7.63. The molecule has 52 heavy (non-hydrogen) atoms. The van der Waals surface area contributed by atoms with Crippen LogP contribution in [0.2, 0.25) is 0 Å². The standard InChI is InChI=1S/C50H33NS/c1-3-23-42-34(13-1)15-10-26-44(42)36-17-7-20-39(31-36)51(40-21-8-18-37(32-40)45-27-11-16-35-14-2-4-24-43(35)45)41-22-9-19-38(33-41)46-28-12-30-49-50(46)47-25-5-6-29-48(47)52-49/h1-33H. The molecule has 10 aromatic rings. The minimum atomic E-state index is 1.11. The molecule has 10 rings (SSSR count). The van der Waals surface area contributed by atoms with E-state index in [0.717, 1.165) is 17.1 Å². The molecule has 0 saturated heterocycles. The number of hydrogen-bond acceptors (Lipinski definition) is 2. The average Bonchev–Trinajstić information content (AvgIpc) is 3.60. The van der Waals surface area contributed by atoms with E-state index in [1.807, 2.05) is 11.3 Å². The Morgan fingerprint density at radius 2 is 0.712 bits per heavy atom. The van der Waals surface area contributed by atoms with Crippen LogP contribution in [0.15, 0.2) is 200 Å². The van der Waals surface area contributed by atoms with Gasteiger partial charge < -0.3 is 4.90 Å². The van der Waals surface area contributed by atoms with Gasteiger partial charge in [0.1, 0.15) is 0 Å². The molecule has 0 unspecified atom stereocenters. The number of fused-ring (bicyclic) bond motifs is 5. The van der Waals surface area contributed by atoms with Crippen molar-refractivity contribution in [3.8, 4) is 33.4 Å². The van der Waals surface area contributed by atoms with Gasteiger partial charge in [0.05, 0.1) is 0 Å². The van der Waals surface area contributed by atoms with Gasteiger partial charge in [-0.1, -0.05) is 152 Å². The fourth-order valence-corrected chi connectivity index (χ4v) is 8.99. The van der Waals surface area contributed by atoms with Gasteiger partial charge in [-0.3, -0.25) is 0 Å². The number of rotatable bonds is 6. The molecule has 0 aliphatic heterocycles. The van der Waals surface area contributed by atoms with E-state index in [2.05, 4.69) is 205 Å². The third-order valence-corrected chi connectivity index (χ3v) is 11.4. The number of benzene rings is 9. The maximum Gasteiger partial charge on any atom is 0.0467 e. The molecule has 0 radical (unpaired) electrons. The Bertz CT molecular complexity index is 2800. The highest BCUT2D eigenvalue weighted by Gasteiger charge is 2.18. The van der Waals surface area contributed by atoms with Crippen molar-refractivity contribution >= 4 is 70.1 Å². The Morgan fingerprint density at radius 1 is 0.308 bits per heavy atom. The van der Waals surface area contributed by atoms with Gasteiger partial charge in [0.2, 0.25) is 0 Å². The van der Waals surface area contributed by atoms with Crippen LogP contribution in [-0.2, 0) is 0 Å². The predicted molar refractivity (Wildman–Crippen MR) is 225 cm³/mol. The van der Waals surface area contributed by atoms with Crippen LogP contribution < -0.4 is 4.90 Å². The van der Waals surface area contributed by atoms with E-state index in [-0.39, 0.29) is 0 Å². The van der Waals surface area contributed by atoms with Gasteiger partial charge in [-0.25, -0.2) is 0 Å². The molecule has 0 N–H and O–H groups in total. The van der Waals surface area contributed by atoms with Crippen molar-refractivity contribution in [2.45, 2.75) is 0 Å². The quantitative estimate of drug-likeness (QED) is 0.169. The smallest absolute Gasteiger partial charge is 0.0467 e. The summed E-state index contributed by atoms with van der Waals surface area (Å²) in [6, 6.07) is 73.0. The molecular weight excluding hydrogens is 647 g/mol. The second-order valence-electron chi connectivity index (χ2n) is 13.3. The van der Waals surface area contributed by atoms with E-state index in [4.69, 9.17) is 0 Å². The lowest BCUT2D eigenvalue weighted by Crippen LogP contribution is -2.10. The molecule has 0 aliphatic carbocycles. The minimum Gasteiger partial charge on any atom is -0.310 e. The lowest BCUT2D eigenvalue weighted by atomic mass is 9.96.